The van der Waals surface area contributed by atoms with E-state index in [0.717, 1.165) is 22.3 Å². The SMILES string of the molecule is NC(CC1CNc2ccc(Br)cc21)C(=O)O. The number of nitrogens with two attached hydrogens (primary N) is 1. The minimum Gasteiger partial charge on any atom is -0.480 e. The van der Waals surface area contributed by atoms with E-state index in [1.165, 1.54) is 0 Å². The molecule has 5 heteroatoms. The Kier molecular flexibility index (Phi) is 3.16. The standard InChI is InChI=1S/C11H13BrN2O2/c12-7-1-2-10-8(4-7)6(5-14-10)3-9(13)11(15)16/h1-2,4,6,9,14H,3,5,13H2,(H,15,16). The first kappa shape index (κ1) is 11.4. The molecule has 2 rings (SSSR count). The Morgan fingerprint density at radius 1 is 1.69 bits per heavy atom. The van der Waals surface area contributed by atoms with Crippen molar-refractivity contribution in [3.63, 3.8) is 0 Å². The lowest BCUT2D eigenvalue weighted by atomic mass is 9.94. The van der Waals surface area contributed by atoms with Gasteiger partial charge in [-0.2, -0.15) is 0 Å². The first-order valence-corrected chi connectivity index (χ1v) is 5.89. The highest BCUT2D eigenvalue weighted by molar-refractivity contribution is 9.10. The van der Waals surface area contributed by atoms with Crippen LogP contribution in [-0.4, -0.2) is 23.7 Å². The molecular weight excluding hydrogens is 272 g/mol. The summed E-state index contributed by atoms with van der Waals surface area (Å²) in [4.78, 5) is 10.7. The van der Waals surface area contributed by atoms with Crippen LogP contribution in [-0.2, 0) is 4.79 Å². The second kappa shape index (κ2) is 4.43. The minimum atomic E-state index is -0.941. The number of aliphatic carboxylic acids is 1. The molecule has 0 aliphatic carbocycles. The minimum absolute atomic E-state index is 0.179. The third-order valence-corrected chi connectivity index (χ3v) is 3.34. The van der Waals surface area contributed by atoms with Crippen molar-refractivity contribution in [2.45, 2.75) is 18.4 Å². The lowest BCUT2D eigenvalue weighted by molar-refractivity contribution is -0.138. The predicted molar refractivity (Wildman–Crippen MR) is 65.6 cm³/mol. The van der Waals surface area contributed by atoms with Gasteiger partial charge in [0.1, 0.15) is 6.04 Å². The summed E-state index contributed by atoms with van der Waals surface area (Å²) in [6.07, 6.45) is 0.464. The Hall–Kier alpha value is -1.07. The fourth-order valence-corrected chi connectivity index (χ4v) is 2.37. The summed E-state index contributed by atoms with van der Waals surface area (Å²) >= 11 is 3.41. The molecule has 1 aromatic carbocycles. The summed E-state index contributed by atoms with van der Waals surface area (Å²) < 4.78 is 1.00. The number of hydrogen-bond acceptors (Lipinski definition) is 3. The van der Waals surface area contributed by atoms with E-state index in [2.05, 4.69) is 21.2 Å². The molecule has 0 saturated carbocycles. The van der Waals surface area contributed by atoms with Crippen LogP contribution < -0.4 is 11.1 Å². The molecule has 0 spiro atoms. The van der Waals surface area contributed by atoms with Gasteiger partial charge in [0, 0.05) is 22.6 Å². The van der Waals surface area contributed by atoms with Crippen molar-refractivity contribution in [2.24, 2.45) is 5.73 Å². The van der Waals surface area contributed by atoms with Crippen molar-refractivity contribution >= 4 is 27.6 Å². The highest BCUT2D eigenvalue weighted by Crippen LogP contribution is 2.35. The second-order valence-electron chi connectivity index (χ2n) is 3.99. The molecule has 1 aromatic rings. The van der Waals surface area contributed by atoms with Gasteiger partial charge < -0.3 is 16.2 Å². The highest BCUT2D eigenvalue weighted by Gasteiger charge is 2.26. The summed E-state index contributed by atoms with van der Waals surface area (Å²) in [5, 5.41) is 12.0. The van der Waals surface area contributed by atoms with E-state index < -0.39 is 12.0 Å². The molecule has 0 bridgehead atoms. The van der Waals surface area contributed by atoms with Gasteiger partial charge in [-0.15, -0.1) is 0 Å². The Bertz CT molecular complexity index is 422. The van der Waals surface area contributed by atoms with Crippen molar-refractivity contribution < 1.29 is 9.90 Å². The molecule has 2 unspecified atom stereocenters. The summed E-state index contributed by atoms with van der Waals surface area (Å²) in [5.74, 6) is -0.762. The third-order valence-electron chi connectivity index (χ3n) is 2.85. The van der Waals surface area contributed by atoms with Gasteiger partial charge in [0.15, 0.2) is 0 Å². The van der Waals surface area contributed by atoms with Crippen molar-refractivity contribution in [2.75, 3.05) is 11.9 Å². The third kappa shape index (κ3) is 2.20. The molecule has 1 heterocycles. The average molecular weight is 285 g/mol. The van der Waals surface area contributed by atoms with Gasteiger partial charge in [-0.25, -0.2) is 0 Å². The number of carboxylic acids is 1. The zero-order valence-electron chi connectivity index (χ0n) is 8.61. The molecule has 1 aliphatic heterocycles. The second-order valence-corrected chi connectivity index (χ2v) is 4.91. The molecule has 4 nitrogen and oxygen atoms in total. The van der Waals surface area contributed by atoms with Crippen molar-refractivity contribution in [3.8, 4) is 0 Å². The van der Waals surface area contributed by atoms with Gasteiger partial charge in [0.05, 0.1) is 0 Å². The van der Waals surface area contributed by atoms with Crippen molar-refractivity contribution in [1.29, 1.82) is 0 Å². The summed E-state index contributed by atoms with van der Waals surface area (Å²) in [7, 11) is 0. The fraction of sp³-hybridized carbons (Fsp3) is 0.364. The maximum atomic E-state index is 10.7. The molecule has 2 atom stereocenters. The van der Waals surface area contributed by atoms with Crippen molar-refractivity contribution in [3.05, 3.63) is 28.2 Å². The van der Waals surface area contributed by atoms with E-state index in [9.17, 15) is 4.79 Å². The number of carboxylic acid groups (broad SMARTS) is 1. The van der Waals surface area contributed by atoms with Gasteiger partial charge >= 0.3 is 5.97 Å². The van der Waals surface area contributed by atoms with Crippen LogP contribution in [0.15, 0.2) is 22.7 Å². The fourth-order valence-electron chi connectivity index (χ4n) is 1.99. The van der Waals surface area contributed by atoms with Crippen LogP contribution in [0.1, 0.15) is 17.9 Å². The van der Waals surface area contributed by atoms with Crippen LogP contribution in [0.5, 0.6) is 0 Å². The first-order valence-electron chi connectivity index (χ1n) is 5.09. The van der Waals surface area contributed by atoms with E-state index in [1.54, 1.807) is 0 Å². The Morgan fingerprint density at radius 2 is 2.44 bits per heavy atom. The molecule has 4 N–H and O–H groups in total. The quantitative estimate of drug-likeness (QED) is 0.791. The zero-order chi connectivity index (χ0) is 11.7. The number of benzene rings is 1. The molecule has 0 aromatic heterocycles. The number of hydrogen-bond donors (Lipinski definition) is 3. The maximum Gasteiger partial charge on any atom is 0.320 e. The first-order chi connectivity index (χ1) is 7.58. The van der Waals surface area contributed by atoms with E-state index in [0.29, 0.717) is 6.42 Å². The Labute approximate surface area is 102 Å². The summed E-state index contributed by atoms with van der Waals surface area (Å²) in [6.45, 7) is 0.757. The lowest BCUT2D eigenvalue weighted by Crippen LogP contribution is -2.32. The van der Waals surface area contributed by atoms with Gasteiger partial charge in [-0.05, 0) is 30.2 Å². The lowest BCUT2D eigenvalue weighted by Gasteiger charge is -2.13. The molecule has 0 radical (unpaired) electrons. The monoisotopic (exact) mass is 284 g/mol. The molecule has 0 fully saturated rings. The van der Waals surface area contributed by atoms with E-state index in [-0.39, 0.29) is 5.92 Å². The smallest absolute Gasteiger partial charge is 0.320 e. The topological polar surface area (TPSA) is 75.3 Å². The van der Waals surface area contributed by atoms with Crippen LogP contribution in [0.4, 0.5) is 5.69 Å². The van der Waals surface area contributed by atoms with Crippen LogP contribution in [0, 0.1) is 0 Å². The highest BCUT2D eigenvalue weighted by atomic mass is 79.9. The summed E-state index contributed by atoms with van der Waals surface area (Å²) in [6, 6.07) is 5.18. The van der Waals surface area contributed by atoms with Gasteiger partial charge in [0.25, 0.3) is 0 Å². The van der Waals surface area contributed by atoms with Crippen molar-refractivity contribution in [1.82, 2.24) is 0 Å². The van der Waals surface area contributed by atoms with E-state index >= 15 is 0 Å². The molecule has 86 valence electrons. The Morgan fingerprint density at radius 3 is 3.12 bits per heavy atom. The van der Waals surface area contributed by atoms with E-state index in [1.807, 2.05) is 18.2 Å². The van der Waals surface area contributed by atoms with Gasteiger partial charge in [0.2, 0.25) is 0 Å². The number of carbonyl (C=O) groups is 1. The van der Waals surface area contributed by atoms with Gasteiger partial charge in [-0.1, -0.05) is 15.9 Å². The number of anilines is 1. The maximum absolute atomic E-state index is 10.7. The number of halogens is 1. The molecule has 1 aliphatic rings. The molecule has 0 saturated heterocycles. The average Bonchev–Trinajstić information content (AvgIpc) is 2.61. The predicted octanol–water partition coefficient (Wildman–Crippen LogP) is 1.76. The summed E-state index contributed by atoms with van der Waals surface area (Å²) in [5.41, 5.74) is 7.77. The Balaban J connectivity index is 2.17. The van der Waals surface area contributed by atoms with Gasteiger partial charge in [-0.3, -0.25) is 4.79 Å². The van der Waals surface area contributed by atoms with E-state index in [4.69, 9.17) is 10.8 Å². The molecule has 16 heavy (non-hydrogen) atoms. The number of fused-ring (bicyclic) bond motifs is 1. The number of nitrogens with one attached hydrogen (secondary N) is 1. The zero-order valence-corrected chi connectivity index (χ0v) is 10.2. The molecular formula is C11H13BrN2O2. The molecule has 0 amide bonds. The van der Waals surface area contributed by atoms with Crippen LogP contribution in [0.3, 0.4) is 0 Å². The van der Waals surface area contributed by atoms with Crippen LogP contribution in [0.2, 0.25) is 0 Å². The number of rotatable bonds is 3. The van der Waals surface area contributed by atoms with Crippen LogP contribution in [0.25, 0.3) is 0 Å². The normalized spacial score (nSPS) is 20.0. The largest absolute Gasteiger partial charge is 0.480 e. The van der Waals surface area contributed by atoms with Crippen LogP contribution >= 0.6 is 15.9 Å².